The minimum absolute atomic E-state index is 0.574. The first kappa shape index (κ1) is 9.36. The van der Waals surface area contributed by atoms with Crippen LogP contribution < -0.4 is 5.32 Å². The predicted octanol–water partition coefficient (Wildman–Crippen LogP) is 0.598. The van der Waals surface area contributed by atoms with Crippen LogP contribution in [-0.2, 0) is 0 Å². The molecular formula is C8H18N2S. The highest BCUT2D eigenvalue weighted by Gasteiger charge is 2.21. The lowest BCUT2D eigenvalue weighted by Crippen LogP contribution is -2.35. The monoisotopic (exact) mass is 174 g/mol. The molecule has 2 unspecified atom stereocenters. The van der Waals surface area contributed by atoms with Crippen LogP contribution in [0.5, 0.6) is 0 Å². The van der Waals surface area contributed by atoms with E-state index in [2.05, 4.69) is 36.8 Å². The lowest BCUT2D eigenvalue weighted by molar-refractivity contribution is 0.315. The molecule has 0 aromatic rings. The maximum atomic E-state index is 4.42. The van der Waals surface area contributed by atoms with Gasteiger partial charge in [0.25, 0.3) is 0 Å². The molecule has 1 N–H and O–H groups in total. The number of hydrogen-bond acceptors (Lipinski definition) is 3. The van der Waals surface area contributed by atoms with Gasteiger partial charge in [-0.25, -0.2) is 0 Å². The Morgan fingerprint density at radius 3 is 2.82 bits per heavy atom. The second-order valence-electron chi connectivity index (χ2n) is 3.35. The van der Waals surface area contributed by atoms with Gasteiger partial charge in [0.1, 0.15) is 0 Å². The molecule has 0 radical (unpaired) electrons. The molecule has 0 amide bonds. The van der Waals surface area contributed by atoms with Crippen LogP contribution >= 0.6 is 12.6 Å². The largest absolute Gasteiger partial charge is 0.312 e. The maximum absolute atomic E-state index is 4.42. The third kappa shape index (κ3) is 3.01. The van der Waals surface area contributed by atoms with E-state index in [0.29, 0.717) is 11.3 Å². The molecule has 1 rings (SSSR count). The summed E-state index contributed by atoms with van der Waals surface area (Å²) < 4.78 is 0. The molecule has 0 aromatic heterocycles. The van der Waals surface area contributed by atoms with Crippen LogP contribution in [0.2, 0.25) is 0 Å². The van der Waals surface area contributed by atoms with Crippen molar-refractivity contribution in [3.8, 4) is 0 Å². The maximum Gasteiger partial charge on any atom is 0.0206 e. The Balaban J connectivity index is 2.17. The van der Waals surface area contributed by atoms with Crippen LogP contribution in [0, 0.1) is 0 Å². The van der Waals surface area contributed by atoms with Gasteiger partial charge in [0.15, 0.2) is 0 Å². The molecule has 1 aliphatic rings. The summed E-state index contributed by atoms with van der Waals surface area (Å²) >= 11 is 4.42. The summed E-state index contributed by atoms with van der Waals surface area (Å²) in [7, 11) is 2.16. The summed E-state index contributed by atoms with van der Waals surface area (Å²) in [5, 5.41) is 4.03. The van der Waals surface area contributed by atoms with E-state index >= 15 is 0 Å². The van der Waals surface area contributed by atoms with E-state index in [-0.39, 0.29) is 0 Å². The molecule has 1 aliphatic heterocycles. The van der Waals surface area contributed by atoms with Crippen LogP contribution in [0.3, 0.4) is 0 Å². The Kier molecular flexibility index (Phi) is 3.69. The fourth-order valence-corrected chi connectivity index (χ4v) is 1.80. The fourth-order valence-electron chi connectivity index (χ4n) is 1.44. The molecule has 0 bridgehead atoms. The molecule has 0 aliphatic carbocycles. The average Bonchev–Trinajstić information content (AvgIpc) is 2.35. The van der Waals surface area contributed by atoms with E-state index in [0.717, 1.165) is 19.6 Å². The van der Waals surface area contributed by atoms with E-state index in [1.54, 1.807) is 0 Å². The van der Waals surface area contributed by atoms with Gasteiger partial charge in [0.2, 0.25) is 0 Å². The molecule has 1 heterocycles. The number of rotatable bonds is 3. The van der Waals surface area contributed by atoms with Crippen molar-refractivity contribution in [1.82, 2.24) is 10.2 Å². The van der Waals surface area contributed by atoms with Crippen molar-refractivity contribution in [2.24, 2.45) is 0 Å². The lowest BCUT2D eigenvalue weighted by Gasteiger charge is -2.18. The van der Waals surface area contributed by atoms with E-state index in [1.165, 1.54) is 6.42 Å². The van der Waals surface area contributed by atoms with E-state index in [4.69, 9.17) is 0 Å². The second kappa shape index (κ2) is 4.33. The molecule has 1 fully saturated rings. The molecule has 2 atom stereocenters. The molecule has 1 saturated heterocycles. The van der Waals surface area contributed by atoms with Gasteiger partial charge in [-0.15, -0.1) is 0 Å². The van der Waals surface area contributed by atoms with Crippen LogP contribution in [0.25, 0.3) is 0 Å². The summed E-state index contributed by atoms with van der Waals surface area (Å²) in [5.74, 6) is 0. The number of likely N-dealkylation sites (N-methyl/N-ethyl adjacent to an activating group) is 1. The van der Waals surface area contributed by atoms with Crippen molar-refractivity contribution in [1.29, 1.82) is 0 Å². The Morgan fingerprint density at radius 1 is 1.64 bits per heavy atom. The van der Waals surface area contributed by atoms with Gasteiger partial charge >= 0.3 is 0 Å². The van der Waals surface area contributed by atoms with Crippen molar-refractivity contribution >= 4 is 12.6 Å². The van der Waals surface area contributed by atoms with Gasteiger partial charge in [0, 0.05) is 24.4 Å². The van der Waals surface area contributed by atoms with Gasteiger partial charge in [-0.2, -0.15) is 12.6 Å². The van der Waals surface area contributed by atoms with Crippen LogP contribution in [0.4, 0.5) is 0 Å². The zero-order valence-corrected chi connectivity index (χ0v) is 8.27. The smallest absolute Gasteiger partial charge is 0.0206 e. The van der Waals surface area contributed by atoms with Gasteiger partial charge in [-0.1, -0.05) is 6.92 Å². The molecule has 0 aromatic carbocycles. The number of nitrogens with zero attached hydrogens (tertiary/aromatic N) is 1. The Hall–Kier alpha value is 0.270. The normalized spacial score (nSPS) is 31.6. The van der Waals surface area contributed by atoms with Gasteiger partial charge in [-0.05, 0) is 20.0 Å². The lowest BCUT2D eigenvalue weighted by atomic mass is 10.2. The number of nitrogens with one attached hydrogen (secondary N) is 1. The molecule has 66 valence electrons. The van der Waals surface area contributed by atoms with Crippen LogP contribution in [0.1, 0.15) is 13.3 Å². The van der Waals surface area contributed by atoms with Crippen molar-refractivity contribution in [3.05, 3.63) is 0 Å². The topological polar surface area (TPSA) is 15.3 Å². The highest BCUT2D eigenvalue weighted by atomic mass is 32.1. The Bertz CT molecular complexity index is 119. The molecule has 0 saturated carbocycles. The standard InChI is InChI=1S/C8H18N2S/c1-3-10(2)6-7-4-8(11)5-9-7/h7-9,11H,3-6H2,1-2H3. The van der Waals surface area contributed by atoms with Crippen molar-refractivity contribution in [2.45, 2.75) is 24.6 Å². The molecule has 2 nitrogen and oxygen atoms in total. The number of thiol groups is 1. The van der Waals surface area contributed by atoms with Gasteiger partial charge in [-0.3, -0.25) is 0 Å². The SMILES string of the molecule is CCN(C)CC1CC(S)CN1. The summed E-state index contributed by atoms with van der Waals surface area (Å²) in [6.07, 6.45) is 1.22. The third-order valence-electron chi connectivity index (χ3n) is 2.27. The van der Waals surface area contributed by atoms with E-state index in [1.807, 2.05) is 0 Å². The average molecular weight is 174 g/mol. The van der Waals surface area contributed by atoms with Crippen molar-refractivity contribution in [2.75, 3.05) is 26.7 Å². The quantitative estimate of drug-likeness (QED) is 0.609. The zero-order valence-electron chi connectivity index (χ0n) is 7.38. The van der Waals surface area contributed by atoms with E-state index in [9.17, 15) is 0 Å². The van der Waals surface area contributed by atoms with Gasteiger partial charge < -0.3 is 10.2 Å². The number of hydrogen-bond donors (Lipinski definition) is 2. The highest BCUT2D eigenvalue weighted by Crippen LogP contribution is 2.12. The molecule has 3 heteroatoms. The van der Waals surface area contributed by atoms with Crippen molar-refractivity contribution in [3.63, 3.8) is 0 Å². The summed E-state index contributed by atoms with van der Waals surface area (Å²) in [6, 6.07) is 0.669. The first-order chi connectivity index (χ1) is 5.22. The summed E-state index contributed by atoms with van der Waals surface area (Å²) in [6.45, 7) is 5.56. The first-order valence-corrected chi connectivity index (χ1v) is 4.84. The molecular weight excluding hydrogens is 156 g/mol. The Labute approximate surface area is 74.8 Å². The molecule has 11 heavy (non-hydrogen) atoms. The van der Waals surface area contributed by atoms with Crippen molar-refractivity contribution < 1.29 is 0 Å². The summed E-state index contributed by atoms with van der Waals surface area (Å²) in [4.78, 5) is 2.34. The minimum Gasteiger partial charge on any atom is -0.312 e. The fraction of sp³-hybridized carbons (Fsp3) is 1.00. The second-order valence-corrected chi connectivity index (χ2v) is 4.08. The Morgan fingerprint density at radius 2 is 2.36 bits per heavy atom. The zero-order chi connectivity index (χ0) is 8.27. The van der Waals surface area contributed by atoms with Crippen LogP contribution in [0.15, 0.2) is 0 Å². The van der Waals surface area contributed by atoms with Crippen LogP contribution in [-0.4, -0.2) is 42.9 Å². The predicted molar refractivity (Wildman–Crippen MR) is 52.4 cm³/mol. The van der Waals surface area contributed by atoms with Gasteiger partial charge in [0.05, 0.1) is 0 Å². The molecule has 0 spiro atoms. The first-order valence-electron chi connectivity index (χ1n) is 4.32. The minimum atomic E-state index is 0.574. The van der Waals surface area contributed by atoms with E-state index < -0.39 is 0 Å². The third-order valence-corrected chi connectivity index (χ3v) is 2.66. The highest BCUT2D eigenvalue weighted by molar-refractivity contribution is 7.81. The summed E-state index contributed by atoms with van der Waals surface area (Å²) in [5.41, 5.74) is 0.